The Kier molecular flexibility index (Phi) is 8.90. The number of hydrogen-bond acceptors (Lipinski definition) is 5. The summed E-state index contributed by atoms with van der Waals surface area (Å²) in [6.45, 7) is 15.5. The molecule has 0 aliphatic carbocycles. The minimum Gasteiger partial charge on any atom is -0.387 e. The van der Waals surface area contributed by atoms with E-state index in [1.165, 1.54) is 0 Å². The molecule has 2 amide bonds. The van der Waals surface area contributed by atoms with Gasteiger partial charge in [-0.2, -0.15) is 0 Å². The fourth-order valence-corrected chi connectivity index (χ4v) is 5.36. The Morgan fingerprint density at radius 2 is 1.62 bits per heavy atom. The van der Waals surface area contributed by atoms with Crippen LogP contribution in [0.25, 0.3) is 17.2 Å². The van der Waals surface area contributed by atoms with Gasteiger partial charge in [-0.1, -0.05) is 38.1 Å². The van der Waals surface area contributed by atoms with Crippen molar-refractivity contribution in [2.75, 3.05) is 39.3 Å². The lowest BCUT2D eigenvalue weighted by Gasteiger charge is -2.42. The normalized spacial score (nSPS) is 16.2. The van der Waals surface area contributed by atoms with Crippen molar-refractivity contribution in [3.05, 3.63) is 59.2 Å². The third-order valence-electron chi connectivity index (χ3n) is 7.50. The van der Waals surface area contributed by atoms with Gasteiger partial charge in [0.25, 0.3) is 5.91 Å². The molecule has 0 aromatic heterocycles. The van der Waals surface area contributed by atoms with Gasteiger partial charge in [-0.05, 0) is 69.0 Å². The van der Waals surface area contributed by atoms with Crippen LogP contribution in [0.15, 0.2) is 53.0 Å². The number of nitrogens with zero attached hydrogens (tertiary/aromatic N) is 4. The second-order valence-corrected chi connectivity index (χ2v) is 11.5. The van der Waals surface area contributed by atoms with Gasteiger partial charge in [0.2, 0.25) is 5.91 Å². The van der Waals surface area contributed by atoms with Crippen molar-refractivity contribution in [3.8, 4) is 11.1 Å². The number of nitrogens with two attached hydrogens (primary N) is 1. The minimum atomic E-state index is 0.0309. The number of piperazine rings is 1. The molecule has 1 saturated heterocycles. The van der Waals surface area contributed by atoms with E-state index in [1.807, 2.05) is 58.3 Å². The molecule has 2 aromatic rings. The molecule has 39 heavy (non-hydrogen) atoms. The Hall–Kier alpha value is -3.45. The monoisotopic (exact) mass is 529 g/mol. The molecule has 4 rings (SSSR count). The first-order valence-corrected chi connectivity index (χ1v) is 14.2. The van der Waals surface area contributed by atoms with Crippen LogP contribution in [0.5, 0.6) is 0 Å². The highest BCUT2D eigenvalue weighted by Gasteiger charge is 2.28. The Morgan fingerprint density at radius 3 is 2.26 bits per heavy atom. The number of fused-ring (bicyclic) bond motifs is 1. The molecule has 7 nitrogen and oxygen atoms in total. The Balaban J connectivity index is 1.56. The van der Waals surface area contributed by atoms with E-state index in [1.54, 1.807) is 0 Å². The molecule has 208 valence electrons. The van der Waals surface area contributed by atoms with Crippen LogP contribution in [-0.4, -0.2) is 77.2 Å². The van der Waals surface area contributed by atoms with Crippen molar-refractivity contribution in [1.82, 2.24) is 14.7 Å². The average Bonchev–Trinajstić information content (AvgIpc) is 3.09. The maximum Gasteiger partial charge on any atom is 0.253 e. The summed E-state index contributed by atoms with van der Waals surface area (Å²) in [6.07, 6.45) is 4.09. The van der Waals surface area contributed by atoms with Gasteiger partial charge in [0.05, 0.1) is 5.69 Å². The third-order valence-corrected chi connectivity index (χ3v) is 7.50. The number of amides is 2. The molecular formula is C32H43N5O2. The number of hydrogen-bond donors (Lipinski definition) is 1. The number of aliphatic imine (C=N–C) groups is 1. The third kappa shape index (κ3) is 6.77. The number of rotatable bonds is 7. The van der Waals surface area contributed by atoms with Gasteiger partial charge < -0.3 is 15.5 Å². The number of amidine groups is 1. The quantitative estimate of drug-likeness (QED) is 0.525. The molecule has 2 aliphatic heterocycles. The Bertz CT molecular complexity index is 1260. The standard InChI is InChI=1S/C32H43N5O2/c1-6-13-35(14-7-2)31(39)27-20-25-12-11-24(21-28(25)34-29(33)22-27)23-9-8-10-26(19-23)30(38)36-15-17-37(18-16-36)32(3,4)5/h8-12,19-21H,6-7,13-18,22H2,1-5H3,(H2,33,34). The van der Waals surface area contributed by atoms with Crippen LogP contribution in [0, 0.1) is 0 Å². The molecule has 2 N–H and O–H groups in total. The lowest BCUT2D eigenvalue weighted by Crippen LogP contribution is -2.54. The topological polar surface area (TPSA) is 82.2 Å². The summed E-state index contributed by atoms with van der Waals surface area (Å²) in [5, 5.41) is 0. The summed E-state index contributed by atoms with van der Waals surface area (Å²) in [5.74, 6) is 0.525. The number of benzene rings is 2. The van der Waals surface area contributed by atoms with Crippen molar-refractivity contribution >= 4 is 29.4 Å². The van der Waals surface area contributed by atoms with Crippen LogP contribution in [0.4, 0.5) is 5.69 Å². The van der Waals surface area contributed by atoms with E-state index in [0.29, 0.717) is 23.4 Å². The molecule has 0 bridgehead atoms. The Morgan fingerprint density at radius 1 is 0.949 bits per heavy atom. The lowest BCUT2D eigenvalue weighted by atomic mass is 9.99. The van der Waals surface area contributed by atoms with Crippen LogP contribution in [0.2, 0.25) is 0 Å². The predicted molar refractivity (Wildman–Crippen MR) is 160 cm³/mol. The van der Waals surface area contributed by atoms with Crippen LogP contribution >= 0.6 is 0 Å². The fraction of sp³-hybridized carbons (Fsp3) is 0.469. The van der Waals surface area contributed by atoms with Gasteiger partial charge in [-0.15, -0.1) is 0 Å². The zero-order valence-corrected chi connectivity index (χ0v) is 24.2. The van der Waals surface area contributed by atoms with Crippen LogP contribution in [0.3, 0.4) is 0 Å². The zero-order valence-electron chi connectivity index (χ0n) is 24.2. The summed E-state index contributed by atoms with van der Waals surface area (Å²) in [6, 6.07) is 13.8. The highest BCUT2D eigenvalue weighted by atomic mass is 16.2. The summed E-state index contributed by atoms with van der Waals surface area (Å²) >= 11 is 0. The van der Waals surface area contributed by atoms with E-state index in [9.17, 15) is 9.59 Å². The van der Waals surface area contributed by atoms with Crippen molar-refractivity contribution in [1.29, 1.82) is 0 Å². The second-order valence-electron chi connectivity index (χ2n) is 11.5. The molecule has 2 aliphatic rings. The predicted octanol–water partition coefficient (Wildman–Crippen LogP) is 5.33. The van der Waals surface area contributed by atoms with E-state index in [4.69, 9.17) is 5.73 Å². The molecule has 2 heterocycles. The summed E-state index contributed by atoms with van der Waals surface area (Å²) in [5.41, 5.74) is 11.3. The van der Waals surface area contributed by atoms with Crippen LogP contribution < -0.4 is 5.73 Å². The van der Waals surface area contributed by atoms with Crippen molar-refractivity contribution in [2.45, 2.75) is 59.4 Å². The van der Waals surface area contributed by atoms with Gasteiger partial charge in [-0.3, -0.25) is 14.5 Å². The van der Waals surface area contributed by atoms with Gasteiger partial charge in [0.15, 0.2) is 0 Å². The minimum absolute atomic E-state index is 0.0309. The molecule has 0 spiro atoms. The zero-order chi connectivity index (χ0) is 28.2. The molecule has 0 radical (unpaired) electrons. The molecule has 7 heteroatoms. The van der Waals surface area contributed by atoms with E-state index in [-0.39, 0.29) is 17.4 Å². The maximum atomic E-state index is 13.3. The van der Waals surface area contributed by atoms with Crippen LogP contribution in [-0.2, 0) is 4.79 Å². The van der Waals surface area contributed by atoms with Gasteiger partial charge >= 0.3 is 0 Å². The smallest absolute Gasteiger partial charge is 0.253 e. The first-order valence-electron chi connectivity index (χ1n) is 14.2. The Labute approximate surface area is 233 Å². The second kappa shape index (κ2) is 12.2. The summed E-state index contributed by atoms with van der Waals surface area (Å²) < 4.78 is 0. The van der Waals surface area contributed by atoms with E-state index >= 15 is 0 Å². The average molecular weight is 530 g/mol. The van der Waals surface area contributed by atoms with E-state index in [0.717, 1.165) is 74.5 Å². The van der Waals surface area contributed by atoms with Crippen molar-refractivity contribution in [3.63, 3.8) is 0 Å². The summed E-state index contributed by atoms with van der Waals surface area (Å²) in [7, 11) is 0. The summed E-state index contributed by atoms with van der Waals surface area (Å²) in [4.78, 5) is 37.6. The van der Waals surface area contributed by atoms with Crippen LogP contribution in [0.1, 0.15) is 69.8 Å². The SMILES string of the molecule is CCCN(CCC)C(=O)C1=Cc2ccc(-c3cccc(C(=O)N4CCN(C(C)(C)C)CC4)c3)cc2N=C(N)C1. The highest BCUT2D eigenvalue weighted by molar-refractivity contribution is 6.05. The van der Waals surface area contributed by atoms with E-state index < -0.39 is 0 Å². The van der Waals surface area contributed by atoms with Gasteiger partial charge in [-0.25, -0.2) is 4.99 Å². The number of carbonyl (C=O) groups excluding carboxylic acids is 2. The van der Waals surface area contributed by atoms with Crippen molar-refractivity contribution in [2.24, 2.45) is 10.7 Å². The molecule has 0 saturated carbocycles. The lowest BCUT2D eigenvalue weighted by molar-refractivity contribution is -0.127. The van der Waals surface area contributed by atoms with Gasteiger partial charge in [0.1, 0.15) is 5.84 Å². The number of carbonyl (C=O) groups is 2. The largest absolute Gasteiger partial charge is 0.387 e. The maximum absolute atomic E-state index is 13.3. The highest BCUT2D eigenvalue weighted by Crippen LogP contribution is 2.32. The fourth-order valence-electron chi connectivity index (χ4n) is 5.36. The first kappa shape index (κ1) is 28.6. The van der Waals surface area contributed by atoms with Gasteiger partial charge in [0, 0.05) is 67.9 Å². The molecule has 0 unspecified atom stereocenters. The molecular weight excluding hydrogens is 486 g/mol. The van der Waals surface area contributed by atoms with E-state index in [2.05, 4.69) is 44.5 Å². The molecule has 2 aromatic carbocycles. The van der Waals surface area contributed by atoms with Crippen molar-refractivity contribution < 1.29 is 9.59 Å². The molecule has 1 fully saturated rings. The first-order chi connectivity index (χ1) is 18.6. The molecule has 0 atom stereocenters.